The molecule has 1 atom stereocenters. The van der Waals surface area contributed by atoms with Gasteiger partial charge in [-0.1, -0.05) is 30.3 Å². The van der Waals surface area contributed by atoms with Gasteiger partial charge in [0, 0.05) is 39.5 Å². The van der Waals surface area contributed by atoms with Crippen LogP contribution >= 0.6 is 22.7 Å². The van der Waals surface area contributed by atoms with Gasteiger partial charge in [0.15, 0.2) is 0 Å². The molecule has 25 heavy (non-hydrogen) atoms. The number of benzene rings is 1. The molecule has 3 heterocycles. The van der Waals surface area contributed by atoms with Crippen molar-refractivity contribution in [1.29, 1.82) is 0 Å². The number of thiophene rings is 2. The molecule has 0 aliphatic carbocycles. The molecule has 0 fully saturated rings. The maximum absolute atomic E-state index is 14.4. The fraction of sp³-hybridized carbons (Fsp3) is 0.0500. The third kappa shape index (κ3) is 3.02. The summed E-state index contributed by atoms with van der Waals surface area (Å²) in [5, 5.41) is 15.0. The van der Waals surface area contributed by atoms with E-state index in [9.17, 15) is 9.50 Å². The third-order valence-corrected chi connectivity index (χ3v) is 6.06. The van der Waals surface area contributed by atoms with Gasteiger partial charge < -0.3 is 5.11 Å². The predicted octanol–water partition coefficient (Wildman–Crippen LogP) is 5.76. The Kier molecular flexibility index (Phi) is 4.44. The molecule has 0 radical (unpaired) electrons. The van der Waals surface area contributed by atoms with Gasteiger partial charge in [-0.15, -0.1) is 22.7 Å². The molecule has 0 spiro atoms. The predicted molar refractivity (Wildman–Crippen MR) is 101 cm³/mol. The SMILES string of the molecule is OC(c1cccnc1)c1c(-c2ccccc2F)csc1-c1cccs1. The zero-order valence-electron chi connectivity index (χ0n) is 13.1. The van der Waals surface area contributed by atoms with Gasteiger partial charge in [0.2, 0.25) is 0 Å². The second kappa shape index (κ2) is 6.88. The molecule has 0 aliphatic heterocycles. The molecular weight excluding hydrogens is 353 g/mol. The van der Waals surface area contributed by atoms with E-state index in [1.807, 2.05) is 29.0 Å². The summed E-state index contributed by atoms with van der Waals surface area (Å²) in [6.45, 7) is 0. The molecule has 1 aromatic carbocycles. The van der Waals surface area contributed by atoms with Crippen LogP contribution in [0.15, 0.2) is 71.7 Å². The molecule has 0 amide bonds. The first-order valence-corrected chi connectivity index (χ1v) is 9.50. The van der Waals surface area contributed by atoms with E-state index >= 15 is 0 Å². The van der Waals surface area contributed by atoms with Crippen LogP contribution in [-0.4, -0.2) is 10.1 Å². The number of hydrogen-bond donors (Lipinski definition) is 1. The van der Waals surface area contributed by atoms with Crippen molar-refractivity contribution < 1.29 is 9.50 Å². The average Bonchev–Trinajstić information content (AvgIpc) is 3.31. The topological polar surface area (TPSA) is 33.1 Å². The summed E-state index contributed by atoms with van der Waals surface area (Å²) < 4.78 is 14.4. The van der Waals surface area contributed by atoms with Gasteiger partial charge in [-0.05, 0) is 29.0 Å². The minimum atomic E-state index is -0.869. The van der Waals surface area contributed by atoms with Crippen molar-refractivity contribution in [3.05, 3.63) is 88.6 Å². The van der Waals surface area contributed by atoms with E-state index in [2.05, 4.69) is 4.98 Å². The van der Waals surface area contributed by atoms with Crippen LogP contribution in [0.1, 0.15) is 17.2 Å². The molecule has 1 unspecified atom stereocenters. The van der Waals surface area contributed by atoms with Crippen molar-refractivity contribution in [2.45, 2.75) is 6.10 Å². The van der Waals surface area contributed by atoms with Crippen molar-refractivity contribution in [1.82, 2.24) is 4.98 Å². The Bertz CT molecular complexity index is 980. The lowest BCUT2D eigenvalue weighted by Gasteiger charge is -2.15. The van der Waals surface area contributed by atoms with Crippen LogP contribution in [0, 0.1) is 5.82 Å². The second-order valence-electron chi connectivity index (χ2n) is 5.54. The molecule has 0 bridgehead atoms. The Morgan fingerprint density at radius 1 is 0.960 bits per heavy atom. The molecule has 3 aromatic heterocycles. The summed E-state index contributed by atoms with van der Waals surface area (Å²) in [6.07, 6.45) is 2.44. The molecule has 5 heteroatoms. The van der Waals surface area contributed by atoms with Crippen LogP contribution in [0.3, 0.4) is 0 Å². The molecule has 4 aromatic rings. The maximum Gasteiger partial charge on any atom is 0.131 e. The van der Waals surface area contributed by atoms with Crippen molar-refractivity contribution >= 4 is 22.7 Å². The number of rotatable bonds is 4. The largest absolute Gasteiger partial charge is 0.384 e. The first-order chi connectivity index (χ1) is 12.3. The fourth-order valence-corrected chi connectivity index (χ4v) is 4.82. The first kappa shape index (κ1) is 16.1. The average molecular weight is 367 g/mol. The summed E-state index contributed by atoms with van der Waals surface area (Å²) in [6, 6.07) is 14.3. The van der Waals surface area contributed by atoms with E-state index in [4.69, 9.17) is 0 Å². The Balaban J connectivity index is 1.93. The molecule has 0 saturated heterocycles. The highest BCUT2D eigenvalue weighted by Crippen LogP contribution is 2.45. The fourth-order valence-electron chi connectivity index (χ4n) is 2.83. The quantitative estimate of drug-likeness (QED) is 0.497. The first-order valence-electron chi connectivity index (χ1n) is 7.74. The van der Waals surface area contributed by atoms with Crippen LogP contribution in [0.25, 0.3) is 20.9 Å². The number of aliphatic hydroxyl groups is 1. The molecule has 1 N–H and O–H groups in total. The third-order valence-electron chi connectivity index (χ3n) is 4.01. The number of nitrogens with zero attached hydrogens (tertiary/aromatic N) is 1. The monoisotopic (exact) mass is 367 g/mol. The van der Waals surface area contributed by atoms with Gasteiger partial charge in [0.1, 0.15) is 11.9 Å². The highest BCUT2D eigenvalue weighted by Gasteiger charge is 2.24. The number of pyridine rings is 1. The van der Waals surface area contributed by atoms with Gasteiger partial charge in [-0.3, -0.25) is 4.98 Å². The minimum absolute atomic E-state index is 0.294. The molecule has 4 rings (SSSR count). The molecular formula is C20H14FNOS2. The van der Waals surface area contributed by atoms with E-state index in [0.29, 0.717) is 11.1 Å². The van der Waals surface area contributed by atoms with Gasteiger partial charge in [-0.25, -0.2) is 4.39 Å². The maximum atomic E-state index is 14.4. The zero-order chi connectivity index (χ0) is 17.2. The molecule has 0 aliphatic rings. The van der Waals surface area contributed by atoms with Crippen molar-refractivity contribution in [2.24, 2.45) is 0 Å². The summed E-state index contributed by atoms with van der Waals surface area (Å²) in [7, 11) is 0. The van der Waals surface area contributed by atoms with Crippen LogP contribution in [0.2, 0.25) is 0 Å². The lowest BCUT2D eigenvalue weighted by molar-refractivity contribution is 0.221. The number of hydrogen-bond acceptors (Lipinski definition) is 4. The van der Waals surface area contributed by atoms with Gasteiger partial charge in [-0.2, -0.15) is 0 Å². The highest BCUT2D eigenvalue weighted by molar-refractivity contribution is 7.20. The van der Waals surface area contributed by atoms with Crippen molar-refractivity contribution in [3.63, 3.8) is 0 Å². The van der Waals surface area contributed by atoms with Crippen LogP contribution in [0.4, 0.5) is 4.39 Å². The lowest BCUT2D eigenvalue weighted by atomic mass is 9.94. The number of halogens is 1. The van der Waals surface area contributed by atoms with E-state index < -0.39 is 6.10 Å². The lowest BCUT2D eigenvalue weighted by Crippen LogP contribution is -2.02. The molecule has 2 nitrogen and oxygen atoms in total. The molecule has 0 saturated carbocycles. The molecule has 124 valence electrons. The minimum Gasteiger partial charge on any atom is -0.384 e. The smallest absolute Gasteiger partial charge is 0.131 e. The summed E-state index contributed by atoms with van der Waals surface area (Å²) in [4.78, 5) is 6.12. The Morgan fingerprint density at radius 3 is 2.56 bits per heavy atom. The summed E-state index contributed by atoms with van der Waals surface area (Å²) in [5.74, 6) is -0.294. The summed E-state index contributed by atoms with van der Waals surface area (Å²) in [5.41, 5.74) is 2.64. The van der Waals surface area contributed by atoms with Crippen molar-refractivity contribution in [2.75, 3.05) is 0 Å². The number of aromatic nitrogens is 1. The number of aliphatic hydroxyl groups excluding tert-OH is 1. The van der Waals surface area contributed by atoms with E-state index in [-0.39, 0.29) is 5.82 Å². The van der Waals surface area contributed by atoms with Gasteiger partial charge in [0.25, 0.3) is 0 Å². The van der Waals surface area contributed by atoms with Crippen LogP contribution < -0.4 is 0 Å². The normalized spacial score (nSPS) is 12.2. The van der Waals surface area contributed by atoms with E-state index in [0.717, 1.165) is 20.9 Å². The van der Waals surface area contributed by atoms with E-state index in [1.54, 1.807) is 48.0 Å². The summed E-state index contributed by atoms with van der Waals surface area (Å²) >= 11 is 3.13. The van der Waals surface area contributed by atoms with Crippen LogP contribution in [-0.2, 0) is 0 Å². The van der Waals surface area contributed by atoms with Crippen LogP contribution in [0.5, 0.6) is 0 Å². The Morgan fingerprint density at radius 2 is 1.84 bits per heavy atom. The van der Waals surface area contributed by atoms with Gasteiger partial charge >= 0.3 is 0 Å². The van der Waals surface area contributed by atoms with Crippen molar-refractivity contribution in [3.8, 4) is 20.9 Å². The Labute approximate surface area is 152 Å². The Hall–Kier alpha value is -2.34. The van der Waals surface area contributed by atoms with E-state index in [1.165, 1.54) is 17.4 Å². The highest BCUT2D eigenvalue weighted by atomic mass is 32.1. The standard InChI is InChI=1S/C20H14FNOS2/c21-16-7-2-1-6-14(16)15-12-25-20(17-8-4-10-24-17)18(15)19(23)13-5-3-9-22-11-13/h1-12,19,23H. The van der Waals surface area contributed by atoms with Gasteiger partial charge in [0.05, 0.1) is 4.88 Å². The second-order valence-corrected chi connectivity index (χ2v) is 7.37. The zero-order valence-corrected chi connectivity index (χ0v) is 14.7.